The number of fused-ring (bicyclic) bond motifs is 2. The van der Waals surface area contributed by atoms with Crippen molar-refractivity contribution in [1.29, 1.82) is 0 Å². The molecule has 1 aliphatic rings. The minimum atomic E-state index is -0.573. The first-order valence-electron chi connectivity index (χ1n) is 11.5. The quantitative estimate of drug-likeness (QED) is 0.366. The third-order valence-electron chi connectivity index (χ3n) is 6.38. The second-order valence-electron chi connectivity index (χ2n) is 8.61. The molecule has 1 aliphatic heterocycles. The number of thiophene rings is 1. The molecule has 4 heterocycles. The van der Waals surface area contributed by atoms with Crippen LogP contribution in [0, 0.1) is 0 Å². The molecular formula is C26H20ClN5O4S. The normalized spacial score (nSPS) is 13.8. The van der Waals surface area contributed by atoms with Gasteiger partial charge in [-0.25, -0.2) is 9.36 Å². The Morgan fingerprint density at radius 3 is 2.76 bits per heavy atom. The number of hydrogen-bond acceptors (Lipinski definition) is 7. The Balaban J connectivity index is 1.52. The van der Waals surface area contributed by atoms with Gasteiger partial charge in [0.1, 0.15) is 10.4 Å². The lowest BCUT2D eigenvalue weighted by Crippen LogP contribution is -2.47. The summed E-state index contributed by atoms with van der Waals surface area (Å²) in [6.07, 6.45) is 3.18. The summed E-state index contributed by atoms with van der Waals surface area (Å²) in [5, 5.41) is 4.77. The minimum Gasteiger partial charge on any atom is -0.497 e. The van der Waals surface area contributed by atoms with E-state index in [0.29, 0.717) is 50.7 Å². The lowest BCUT2D eigenvalue weighted by Gasteiger charge is -2.29. The molecule has 0 aliphatic carbocycles. The highest BCUT2D eigenvalue weighted by Crippen LogP contribution is 2.37. The van der Waals surface area contributed by atoms with E-state index in [9.17, 15) is 14.4 Å². The molecule has 9 nitrogen and oxygen atoms in total. The van der Waals surface area contributed by atoms with Gasteiger partial charge in [-0.3, -0.25) is 14.6 Å². The molecule has 2 N–H and O–H groups in total. The molecule has 6 rings (SSSR count). The van der Waals surface area contributed by atoms with E-state index in [1.807, 2.05) is 23.1 Å². The molecule has 2 aromatic carbocycles. The van der Waals surface area contributed by atoms with Gasteiger partial charge in [-0.1, -0.05) is 17.7 Å². The number of anilines is 1. The summed E-state index contributed by atoms with van der Waals surface area (Å²) in [6.45, 7) is 1.45. The molecule has 1 amide bonds. The number of amides is 1. The number of benzene rings is 2. The molecule has 1 saturated heterocycles. The summed E-state index contributed by atoms with van der Waals surface area (Å²) in [5.74, 6) is 0.579. The van der Waals surface area contributed by atoms with Gasteiger partial charge in [0.05, 0.1) is 31.1 Å². The molecule has 5 aromatic rings. The number of nitrogens with zero attached hydrogens (tertiary/aromatic N) is 3. The van der Waals surface area contributed by atoms with Crippen molar-refractivity contribution in [2.24, 2.45) is 0 Å². The zero-order valence-electron chi connectivity index (χ0n) is 19.6. The van der Waals surface area contributed by atoms with E-state index in [2.05, 4.69) is 15.3 Å². The van der Waals surface area contributed by atoms with Crippen molar-refractivity contribution in [2.45, 2.75) is 0 Å². The van der Waals surface area contributed by atoms with Crippen molar-refractivity contribution in [3.8, 4) is 21.9 Å². The first kappa shape index (κ1) is 23.3. The van der Waals surface area contributed by atoms with Crippen molar-refractivity contribution in [3.05, 3.63) is 80.7 Å². The Hall–Kier alpha value is -4.15. The Morgan fingerprint density at radius 1 is 1.08 bits per heavy atom. The number of piperazine rings is 1. The standard InChI is InChI=1S/C26H20ClN5O4S/c1-36-16-4-5-19(27)18(9-16)22-10-20-24(37-22)25(34)32(26(35)30-20)21-12-28-11-14-2-3-15(8-17(14)21)31-7-6-29-23(33)13-31/h2-5,8-12H,6-7,13H2,1H3,(H,29,33)(H,30,35). The predicted octanol–water partition coefficient (Wildman–Crippen LogP) is 3.55. The van der Waals surface area contributed by atoms with Gasteiger partial charge in [-0.05, 0) is 36.4 Å². The summed E-state index contributed by atoms with van der Waals surface area (Å²) in [5.41, 5.74) is 1.30. The third kappa shape index (κ3) is 4.04. The number of carbonyl (C=O) groups excluding carboxylic acids is 1. The molecule has 0 atom stereocenters. The fourth-order valence-corrected chi connectivity index (χ4v) is 5.90. The lowest BCUT2D eigenvalue weighted by atomic mass is 10.1. The van der Waals surface area contributed by atoms with Gasteiger partial charge < -0.3 is 19.9 Å². The van der Waals surface area contributed by atoms with E-state index in [0.717, 1.165) is 20.5 Å². The Bertz CT molecular complexity index is 1830. The van der Waals surface area contributed by atoms with E-state index >= 15 is 0 Å². The molecule has 3 aromatic heterocycles. The van der Waals surface area contributed by atoms with Crippen molar-refractivity contribution >= 4 is 55.5 Å². The summed E-state index contributed by atoms with van der Waals surface area (Å²) in [6, 6.07) is 12.7. The molecule has 1 fully saturated rings. The van der Waals surface area contributed by atoms with Crippen molar-refractivity contribution in [3.63, 3.8) is 0 Å². The van der Waals surface area contributed by atoms with Gasteiger partial charge in [0.2, 0.25) is 5.91 Å². The summed E-state index contributed by atoms with van der Waals surface area (Å²) in [7, 11) is 1.57. The van der Waals surface area contributed by atoms with Crippen LogP contribution in [0.4, 0.5) is 5.69 Å². The molecule has 37 heavy (non-hydrogen) atoms. The first-order chi connectivity index (χ1) is 17.9. The van der Waals surface area contributed by atoms with Gasteiger partial charge >= 0.3 is 5.69 Å². The van der Waals surface area contributed by atoms with Crippen LogP contribution in [0.25, 0.3) is 37.1 Å². The van der Waals surface area contributed by atoms with E-state index in [1.165, 1.54) is 17.5 Å². The van der Waals surface area contributed by atoms with Gasteiger partial charge in [-0.2, -0.15) is 0 Å². The number of halogens is 1. The maximum atomic E-state index is 13.7. The van der Waals surface area contributed by atoms with Crippen molar-refractivity contribution < 1.29 is 9.53 Å². The predicted molar refractivity (Wildman–Crippen MR) is 146 cm³/mol. The number of H-pyrrole nitrogens is 1. The number of aromatic nitrogens is 3. The van der Waals surface area contributed by atoms with E-state index in [1.54, 1.807) is 37.6 Å². The van der Waals surface area contributed by atoms with Crippen LogP contribution in [-0.4, -0.2) is 47.2 Å². The van der Waals surface area contributed by atoms with Gasteiger partial charge in [0, 0.05) is 51.2 Å². The number of carbonyl (C=O) groups is 1. The fraction of sp³-hybridized carbons (Fsp3) is 0.154. The van der Waals surface area contributed by atoms with Crippen LogP contribution < -0.4 is 26.2 Å². The van der Waals surface area contributed by atoms with Crippen LogP contribution in [0.2, 0.25) is 5.02 Å². The van der Waals surface area contributed by atoms with E-state index in [-0.39, 0.29) is 12.5 Å². The molecule has 0 saturated carbocycles. The maximum absolute atomic E-state index is 13.7. The van der Waals surface area contributed by atoms with E-state index < -0.39 is 11.2 Å². The number of methoxy groups -OCH3 is 1. The monoisotopic (exact) mass is 533 g/mol. The topological polar surface area (TPSA) is 109 Å². The molecule has 0 unspecified atom stereocenters. The number of nitrogens with one attached hydrogen (secondary N) is 2. The maximum Gasteiger partial charge on any atom is 0.333 e. The van der Waals surface area contributed by atoms with Crippen LogP contribution in [0.5, 0.6) is 5.75 Å². The van der Waals surface area contributed by atoms with Crippen LogP contribution >= 0.6 is 22.9 Å². The fourth-order valence-electron chi connectivity index (χ4n) is 4.55. The number of pyridine rings is 1. The largest absolute Gasteiger partial charge is 0.497 e. The second-order valence-corrected chi connectivity index (χ2v) is 10.1. The molecule has 11 heteroatoms. The molecular weight excluding hydrogens is 514 g/mol. The number of rotatable bonds is 4. The Kier molecular flexibility index (Phi) is 5.69. The van der Waals surface area contributed by atoms with Crippen LogP contribution in [-0.2, 0) is 4.79 Å². The van der Waals surface area contributed by atoms with Gasteiger partial charge in [0.25, 0.3) is 5.56 Å². The highest BCUT2D eigenvalue weighted by atomic mass is 35.5. The van der Waals surface area contributed by atoms with Crippen molar-refractivity contribution in [2.75, 3.05) is 31.6 Å². The smallest absolute Gasteiger partial charge is 0.333 e. The van der Waals surface area contributed by atoms with Crippen molar-refractivity contribution in [1.82, 2.24) is 19.9 Å². The van der Waals surface area contributed by atoms with E-state index in [4.69, 9.17) is 16.3 Å². The van der Waals surface area contributed by atoms with Gasteiger partial charge in [-0.15, -0.1) is 11.3 Å². The lowest BCUT2D eigenvalue weighted by molar-refractivity contribution is -0.120. The minimum absolute atomic E-state index is 0.0518. The summed E-state index contributed by atoms with van der Waals surface area (Å²) in [4.78, 5) is 48.6. The molecule has 186 valence electrons. The average molecular weight is 534 g/mol. The zero-order valence-corrected chi connectivity index (χ0v) is 21.2. The number of aromatic amines is 1. The molecule has 0 bridgehead atoms. The Labute approximate surface area is 218 Å². The SMILES string of the molecule is COc1ccc(Cl)c(-c2cc3[nH]c(=O)n(-c4cncc5ccc(N6CCNC(=O)C6)cc45)c(=O)c3s2)c1. The first-order valence-corrected chi connectivity index (χ1v) is 12.6. The number of ether oxygens (including phenoxy) is 1. The third-order valence-corrected chi connectivity index (χ3v) is 7.87. The highest BCUT2D eigenvalue weighted by molar-refractivity contribution is 7.22. The number of hydrogen-bond donors (Lipinski definition) is 2. The Morgan fingerprint density at radius 2 is 1.95 bits per heavy atom. The van der Waals surface area contributed by atoms with Gasteiger partial charge in [0.15, 0.2) is 0 Å². The van der Waals surface area contributed by atoms with Crippen LogP contribution in [0.3, 0.4) is 0 Å². The molecule has 0 radical (unpaired) electrons. The summed E-state index contributed by atoms with van der Waals surface area (Å²) < 4.78 is 6.81. The zero-order chi connectivity index (χ0) is 25.7. The average Bonchev–Trinajstić information content (AvgIpc) is 3.33. The molecule has 0 spiro atoms. The second kappa shape index (κ2) is 9.06. The summed E-state index contributed by atoms with van der Waals surface area (Å²) >= 11 is 7.67. The van der Waals surface area contributed by atoms with Crippen LogP contribution in [0.15, 0.2) is 64.4 Å². The van der Waals surface area contributed by atoms with Crippen LogP contribution in [0.1, 0.15) is 0 Å². The highest BCUT2D eigenvalue weighted by Gasteiger charge is 2.20.